The molecule has 0 spiro atoms. The van der Waals surface area contributed by atoms with Crippen LogP contribution in [-0.2, 0) is 21.7 Å². The molecule has 2 aliphatic carbocycles. The molecular weight excluding hydrogens is 823 g/mol. The summed E-state index contributed by atoms with van der Waals surface area (Å²) in [7, 11) is 0. The van der Waals surface area contributed by atoms with Gasteiger partial charge in [-0.3, -0.25) is 0 Å². The fourth-order valence-electron chi connectivity index (χ4n) is 11.9. The first-order valence-electron chi connectivity index (χ1n) is 24.3. The second kappa shape index (κ2) is 15.0. The minimum absolute atomic E-state index is 0.0194. The van der Waals surface area contributed by atoms with Gasteiger partial charge in [-0.1, -0.05) is 207 Å². The van der Waals surface area contributed by atoms with E-state index in [2.05, 4.69) is 260 Å². The fraction of sp³-hybridized carbons (Fsp3) is 0.182. The SMILES string of the molecule is CC(C)(C)c1cc(C(C)(C)C)c2oc3ccc4c(c3c2c1)C(C)(C)c1ccc(N(c2ccc(-c3ccccc3)cc2)c2cccc(C3(c5ccccc5)c5ccccc5-c5ccccc53)c2)cc1-4. The van der Waals surface area contributed by atoms with E-state index in [0.717, 1.165) is 28.2 Å². The maximum Gasteiger partial charge on any atom is 0.139 e. The zero-order valence-corrected chi connectivity index (χ0v) is 40.4. The highest BCUT2D eigenvalue weighted by Crippen LogP contribution is 2.58. The van der Waals surface area contributed by atoms with Crippen molar-refractivity contribution in [3.8, 4) is 33.4 Å². The lowest BCUT2D eigenvalue weighted by Crippen LogP contribution is -2.28. The molecule has 2 nitrogen and oxygen atoms in total. The van der Waals surface area contributed by atoms with Crippen molar-refractivity contribution in [2.24, 2.45) is 0 Å². The summed E-state index contributed by atoms with van der Waals surface area (Å²) >= 11 is 0. The van der Waals surface area contributed by atoms with E-state index in [9.17, 15) is 0 Å². The molecule has 68 heavy (non-hydrogen) atoms. The quantitative estimate of drug-likeness (QED) is 0.165. The third kappa shape index (κ3) is 6.23. The summed E-state index contributed by atoms with van der Waals surface area (Å²) in [5.74, 6) is 0. The number of rotatable bonds is 6. The lowest BCUT2D eigenvalue weighted by atomic mass is 9.67. The van der Waals surface area contributed by atoms with Gasteiger partial charge in [-0.25, -0.2) is 0 Å². The molecule has 332 valence electrons. The van der Waals surface area contributed by atoms with Crippen molar-refractivity contribution in [1.82, 2.24) is 0 Å². The second-order valence-corrected chi connectivity index (χ2v) is 21.7. The number of anilines is 3. The predicted octanol–water partition coefficient (Wildman–Crippen LogP) is 18.0. The van der Waals surface area contributed by atoms with Crippen molar-refractivity contribution in [1.29, 1.82) is 0 Å². The molecule has 12 rings (SSSR count). The highest BCUT2D eigenvalue weighted by Gasteiger charge is 2.46. The van der Waals surface area contributed by atoms with Crippen molar-refractivity contribution in [2.45, 2.75) is 77.0 Å². The Hall–Kier alpha value is -7.42. The number of furan rings is 1. The average molecular weight is 880 g/mol. The van der Waals surface area contributed by atoms with Gasteiger partial charge in [-0.2, -0.15) is 0 Å². The number of benzene rings is 9. The molecule has 0 radical (unpaired) electrons. The largest absolute Gasteiger partial charge is 0.456 e. The Morgan fingerprint density at radius 2 is 1.01 bits per heavy atom. The van der Waals surface area contributed by atoms with Crippen LogP contribution in [0.3, 0.4) is 0 Å². The molecule has 0 atom stereocenters. The van der Waals surface area contributed by atoms with Crippen LogP contribution in [0, 0.1) is 0 Å². The maximum absolute atomic E-state index is 6.94. The van der Waals surface area contributed by atoms with Gasteiger partial charge >= 0.3 is 0 Å². The average Bonchev–Trinajstić information content (AvgIpc) is 3.95. The smallest absolute Gasteiger partial charge is 0.139 e. The van der Waals surface area contributed by atoms with E-state index in [4.69, 9.17) is 4.42 Å². The van der Waals surface area contributed by atoms with Crippen LogP contribution in [0.1, 0.15) is 99.9 Å². The Kier molecular flexibility index (Phi) is 9.29. The number of nitrogens with zero attached hydrogens (tertiary/aromatic N) is 1. The molecule has 2 aliphatic rings. The van der Waals surface area contributed by atoms with Crippen LogP contribution < -0.4 is 4.90 Å². The normalized spacial score (nSPS) is 14.4. The lowest BCUT2D eigenvalue weighted by Gasteiger charge is -2.35. The minimum Gasteiger partial charge on any atom is -0.456 e. The molecule has 10 aromatic rings. The molecule has 0 N–H and O–H groups in total. The molecule has 9 aromatic carbocycles. The van der Waals surface area contributed by atoms with Crippen molar-refractivity contribution in [3.63, 3.8) is 0 Å². The van der Waals surface area contributed by atoms with E-state index in [-0.39, 0.29) is 16.2 Å². The topological polar surface area (TPSA) is 16.4 Å². The molecule has 0 unspecified atom stereocenters. The van der Waals surface area contributed by atoms with Gasteiger partial charge in [0.05, 0.1) is 5.41 Å². The number of hydrogen-bond donors (Lipinski definition) is 0. The standard InChI is InChI=1S/C66H57NO/c1-63(2,3)46-39-54-60-59(68-62(54)58(40-46)64(4,5)6)37-35-52-53-41-49(34-36-55(53)65(7,8)61(52)60)67(47-32-30-43(31-33-47)42-20-11-9-12-21-42)48-25-19-24-45(38-48)66(44-22-13-10-14-23-44)56-28-17-15-26-50(56)51-27-16-18-29-57(51)66/h9-41H,1-8H3. The van der Waals surface area contributed by atoms with E-state index in [1.54, 1.807) is 0 Å². The molecule has 1 aromatic heterocycles. The van der Waals surface area contributed by atoms with E-state index in [1.807, 2.05) is 0 Å². The second-order valence-electron chi connectivity index (χ2n) is 21.7. The summed E-state index contributed by atoms with van der Waals surface area (Å²) in [6.07, 6.45) is 0. The summed E-state index contributed by atoms with van der Waals surface area (Å²) in [4.78, 5) is 2.46. The Labute approximate surface area is 401 Å². The van der Waals surface area contributed by atoms with E-state index >= 15 is 0 Å². The molecule has 0 saturated heterocycles. The van der Waals surface area contributed by atoms with E-state index in [0.29, 0.717) is 0 Å². The third-order valence-electron chi connectivity index (χ3n) is 15.2. The van der Waals surface area contributed by atoms with Gasteiger partial charge in [0.25, 0.3) is 0 Å². The van der Waals surface area contributed by atoms with Crippen molar-refractivity contribution >= 4 is 39.0 Å². The van der Waals surface area contributed by atoms with Crippen molar-refractivity contribution in [2.75, 3.05) is 4.90 Å². The minimum atomic E-state index is -0.521. The summed E-state index contributed by atoms with van der Waals surface area (Å²) in [6.45, 7) is 18.7. The van der Waals surface area contributed by atoms with Gasteiger partial charge in [0.2, 0.25) is 0 Å². The van der Waals surface area contributed by atoms with Crippen molar-refractivity contribution in [3.05, 3.63) is 245 Å². The Balaban J connectivity index is 1.08. The molecular formula is C66H57NO. The van der Waals surface area contributed by atoms with Gasteiger partial charge in [0.15, 0.2) is 0 Å². The van der Waals surface area contributed by atoms with Gasteiger partial charge in [0.1, 0.15) is 11.2 Å². The summed E-state index contributed by atoms with van der Waals surface area (Å²) in [5, 5.41) is 2.45. The molecule has 0 saturated carbocycles. The molecule has 1 heterocycles. The van der Waals surface area contributed by atoms with Crippen LogP contribution in [0.5, 0.6) is 0 Å². The fourth-order valence-corrected chi connectivity index (χ4v) is 11.9. The molecule has 0 amide bonds. The summed E-state index contributed by atoms with van der Waals surface area (Å²) < 4.78 is 6.94. The predicted molar refractivity (Wildman–Crippen MR) is 286 cm³/mol. The van der Waals surface area contributed by atoms with Gasteiger partial charge < -0.3 is 9.32 Å². The maximum atomic E-state index is 6.94. The highest BCUT2D eigenvalue weighted by molar-refractivity contribution is 6.12. The van der Waals surface area contributed by atoms with E-state index < -0.39 is 5.41 Å². The van der Waals surface area contributed by atoms with Crippen LogP contribution in [0.2, 0.25) is 0 Å². The van der Waals surface area contributed by atoms with Crippen LogP contribution in [0.4, 0.5) is 17.1 Å². The molecule has 0 aliphatic heterocycles. The van der Waals surface area contributed by atoms with Gasteiger partial charge in [0, 0.05) is 38.8 Å². The number of hydrogen-bond acceptors (Lipinski definition) is 2. The number of fused-ring (bicyclic) bond motifs is 10. The first-order valence-corrected chi connectivity index (χ1v) is 24.3. The lowest BCUT2D eigenvalue weighted by molar-refractivity contribution is 0.559. The van der Waals surface area contributed by atoms with Crippen LogP contribution in [0.25, 0.3) is 55.3 Å². The molecule has 0 fully saturated rings. The summed E-state index contributed by atoms with van der Waals surface area (Å²) in [6, 6.07) is 74.7. The van der Waals surface area contributed by atoms with Crippen molar-refractivity contribution < 1.29 is 4.42 Å². The zero-order chi connectivity index (χ0) is 46.7. The van der Waals surface area contributed by atoms with Crippen LogP contribution in [0.15, 0.2) is 205 Å². The third-order valence-corrected chi connectivity index (χ3v) is 15.2. The first kappa shape index (κ1) is 42.0. The Morgan fingerprint density at radius 3 is 1.68 bits per heavy atom. The monoisotopic (exact) mass is 879 g/mol. The van der Waals surface area contributed by atoms with Crippen LogP contribution >= 0.6 is 0 Å². The Morgan fingerprint density at radius 1 is 0.426 bits per heavy atom. The molecule has 2 heteroatoms. The zero-order valence-electron chi connectivity index (χ0n) is 40.4. The van der Waals surface area contributed by atoms with Crippen LogP contribution in [-0.4, -0.2) is 0 Å². The highest BCUT2D eigenvalue weighted by atomic mass is 16.3. The van der Waals surface area contributed by atoms with E-state index in [1.165, 1.54) is 88.7 Å². The summed E-state index contributed by atoms with van der Waals surface area (Å²) in [5.41, 5.74) is 22.3. The Bertz CT molecular complexity index is 3550. The van der Waals surface area contributed by atoms with Gasteiger partial charge in [-0.05, 0) is 132 Å². The van der Waals surface area contributed by atoms with Gasteiger partial charge in [-0.15, -0.1) is 0 Å². The molecule has 0 bridgehead atoms. The first-order chi connectivity index (χ1) is 32.7.